The summed E-state index contributed by atoms with van der Waals surface area (Å²) in [4.78, 5) is 13.6. The number of ether oxygens (including phenoxy) is 1. The third-order valence-electron chi connectivity index (χ3n) is 5.07. The first-order valence-electron chi connectivity index (χ1n) is 9.16. The van der Waals surface area contributed by atoms with Crippen molar-refractivity contribution in [1.82, 2.24) is 4.31 Å². The summed E-state index contributed by atoms with van der Waals surface area (Å²) in [6.07, 6.45) is 3.03. The zero-order valence-electron chi connectivity index (χ0n) is 15.2. The predicted molar refractivity (Wildman–Crippen MR) is 99.6 cm³/mol. The van der Waals surface area contributed by atoms with E-state index in [2.05, 4.69) is 0 Å². The van der Waals surface area contributed by atoms with Crippen molar-refractivity contribution in [2.24, 2.45) is 5.73 Å². The molecule has 0 spiro atoms. The molecule has 2 aliphatic heterocycles. The quantitative estimate of drug-likeness (QED) is 0.745. The molecule has 0 atom stereocenters. The van der Waals surface area contributed by atoms with Gasteiger partial charge < -0.3 is 15.4 Å². The first kappa shape index (κ1) is 19.3. The van der Waals surface area contributed by atoms with Crippen LogP contribution in [-0.4, -0.2) is 57.5 Å². The first-order valence-corrected chi connectivity index (χ1v) is 10.6. The van der Waals surface area contributed by atoms with Gasteiger partial charge in [-0.3, -0.25) is 4.79 Å². The van der Waals surface area contributed by atoms with Crippen molar-refractivity contribution in [3.63, 3.8) is 0 Å². The Bertz CT molecular complexity index is 758. The van der Waals surface area contributed by atoms with Crippen molar-refractivity contribution in [1.29, 1.82) is 0 Å². The van der Waals surface area contributed by atoms with E-state index in [1.807, 2.05) is 0 Å². The minimum absolute atomic E-state index is 0.0175. The molecule has 1 aromatic carbocycles. The van der Waals surface area contributed by atoms with Gasteiger partial charge in [0.25, 0.3) is 0 Å². The molecule has 26 heavy (non-hydrogen) atoms. The predicted octanol–water partition coefficient (Wildman–Crippen LogP) is 1.11. The van der Waals surface area contributed by atoms with Gasteiger partial charge in [-0.1, -0.05) is 0 Å². The summed E-state index contributed by atoms with van der Waals surface area (Å²) in [6.45, 7) is 4.30. The van der Waals surface area contributed by atoms with E-state index in [4.69, 9.17) is 10.5 Å². The maximum Gasteiger partial charge on any atom is 0.243 e. The highest BCUT2D eigenvalue weighted by Gasteiger charge is 2.31. The molecular weight excluding hydrogens is 354 g/mol. The summed E-state index contributed by atoms with van der Waals surface area (Å²) in [5.74, 6) is -0.0175. The lowest BCUT2D eigenvalue weighted by atomic mass is 10.1. The lowest BCUT2D eigenvalue weighted by Gasteiger charge is -2.31. The second kappa shape index (κ2) is 8.04. The van der Waals surface area contributed by atoms with Crippen molar-refractivity contribution in [3.05, 3.63) is 23.8 Å². The molecule has 0 bridgehead atoms. The molecule has 7 nitrogen and oxygen atoms in total. The number of hydrogen-bond acceptors (Lipinski definition) is 5. The number of sulfonamides is 1. The smallest absolute Gasteiger partial charge is 0.243 e. The Morgan fingerprint density at radius 1 is 1.27 bits per heavy atom. The van der Waals surface area contributed by atoms with Gasteiger partial charge in [-0.2, -0.15) is 4.31 Å². The lowest BCUT2D eigenvalue weighted by Crippen LogP contribution is -2.41. The fourth-order valence-corrected chi connectivity index (χ4v) is 5.11. The minimum atomic E-state index is -3.52. The zero-order chi connectivity index (χ0) is 18.7. The number of hydrogen-bond donors (Lipinski definition) is 1. The van der Waals surface area contributed by atoms with Gasteiger partial charge in [0.1, 0.15) is 0 Å². The van der Waals surface area contributed by atoms with Gasteiger partial charge in [-0.05, 0) is 56.0 Å². The topological polar surface area (TPSA) is 92.9 Å². The molecule has 0 aromatic heterocycles. The van der Waals surface area contributed by atoms with E-state index < -0.39 is 10.0 Å². The van der Waals surface area contributed by atoms with Gasteiger partial charge in [0.05, 0.1) is 11.0 Å². The van der Waals surface area contributed by atoms with Crippen LogP contribution in [0.25, 0.3) is 0 Å². The zero-order valence-corrected chi connectivity index (χ0v) is 16.0. The van der Waals surface area contributed by atoms with E-state index in [0.717, 1.165) is 17.7 Å². The molecule has 0 unspecified atom stereocenters. The largest absolute Gasteiger partial charge is 0.378 e. The number of nitrogens with two attached hydrogens (primary N) is 1. The molecule has 1 amide bonds. The highest BCUT2D eigenvalue weighted by atomic mass is 32.2. The number of nitrogens with zero attached hydrogens (tertiary/aromatic N) is 2. The molecule has 0 radical (unpaired) electrons. The average Bonchev–Trinajstić information content (AvgIpc) is 3.06. The van der Waals surface area contributed by atoms with Crippen LogP contribution in [0.5, 0.6) is 0 Å². The molecule has 8 heteroatoms. The van der Waals surface area contributed by atoms with Crippen LogP contribution in [0.4, 0.5) is 5.69 Å². The first-order chi connectivity index (χ1) is 12.4. The second-order valence-corrected chi connectivity index (χ2v) is 8.77. The Hall–Kier alpha value is -1.48. The van der Waals surface area contributed by atoms with E-state index >= 15 is 0 Å². The van der Waals surface area contributed by atoms with Crippen LogP contribution >= 0.6 is 0 Å². The Labute approximate surface area is 155 Å². The minimum Gasteiger partial charge on any atom is -0.378 e. The van der Waals surface area contributed by atoms with Crippen LogP contribution in [-0.2, 0) is 26.0 Å². The van der Waals surface area contributed by atoms with Gasteiger partial charge in [-0.15, -0.1) is 0 Å². The number of anilines is 1. The Kier molecular flexibility index (Phi) is 5.96. The van der Waals surface area contributed by atoms with Gasteiger partial charge in [0.2, 0.25) is 15.9 Å². The molecule has 2 N–H and O–H groups in total. The maximum atomic E-state index is 13.0. The molecule has 144 valence electrons. The second-order valence-electron chi connectivity index (χ2n) is 6.83. The number of benzene rings is 1. The van der Waals surface area contributed by atoms with E-state index in [0.29, 0.717) is 56.9 Å². The molecule has 3 rings (SSSR count). The van der Waals surface area contributed by atoms with E-state index in [1.54, 1.807) is 23.1 Å². The molecule has 2 heterocycles. The summed E-state index contributed by atoms with van der Waals surface area (Å²) in [5.41, 5.74) is 7.20. The van der Waals surface area contributed by atoms with E-state index in [1.165, 1.54) is 11.2 Å². The van der Waals surface area contributed by atoms with Gasteiger partial charge in [0, 0.05) is 38.9 Å². The summed E-state index contributed by atoms with van der Waals surface area (Å²) in [5, 5.41) is 0. The third-order valence-corrected chi connectivity index (χ3v) is 6.96. The normalized spacial score (nSPS) is 18.9. The standard InChI is InChI=1S/C18H27N3O4S/c1-14(22)21-11-5-15-13-17(3-4-18(15)21)26(23,24)20-9-6-16(7-10-20)25-12-2-8-19/h3-4,13,16H,2,5-12,19H2,1H3. The SMILES string of the molecule is CC(=O)N1CCc2cc(S(=O)(=O)N3CCC(OCCCN)CC3)ccc21. The Balaban J connectivity index is 1.67. The summed E-state index contributed by atoms with van der Waals surface area (Å²) in [7, 11) is -3.52. The Morgan fingerprint density at radius 3 is 2.65 bits per heavy atom. The van der Waals surface area contributed by atoms with Crippen molar-refractivity contribution in [2.75, 3.05) is 37.7 Å². The summed E-state index contributed by atoms with van der Waals surface area (Å²) >= 11 is 0. The van der Waals surface area contributed by atoms with Crippen molar-refractivity contribution in [3.8, 4) is 0 Å². The Morgan fingerprint density at radius 2 is 2.00 bits per heavy atom. The third kappa shape index (κ3) is 3.93. The van der Waals surface area contributed by atoms with Crippen LogP contribution < -0.4 is 10.6 Å². The molecular formula is C18H27N3O4S. The van der Waals surface area contributed by atoms with Crippen LogP contribution in [0.3, 0.4) is 0 Å². The number of piperidine rings is 1. The number of carbonyl (C=O) groups is 1. The molecule has 0 aliphatic carbocycles. The van der Waals surface area contributed by atoms with Crippen LogP contribution in [0.1, 0.15) is 31.7 Å². The maximum absolute atomic E-state index is 13.0. The lowest BCUT2D eigenvalue weighted by molar-refractivity contribution is -0.116. The van der Waals surface area contributed by atoms with E-state index in [-0.39, 0.29) is 12.0 Å². The highest BCUT2D eigenvalue weighted by Crippen LogP contribution is 2.31. The van der Waals surface area contributed by atoms with Crippen LogP contribution in [0.2, 0.25) is 0 Å². The fraction of sp³-hybridized carbons (Fsp3) is 0.611. The molecule has 1 fully saturated rings. The van der Waals surface area contributed by atoms with Crippen molar-refractivity contribution < 1.29 is 17.9 Å². The number of amides is 1. The molecule has 1 aromatic rings. The average molecular weight is 381 g/mol. The summed E-state index contributed by atoms with van der Waals surface area (Å²) < 4.78 is 33.2. The monoisotopic (exact) mass is 381 g/mol. The van der Waals surface area contributed by atoms with Gasteiger partial charge >= 0.3 is 0 Å². The number of carbonyl (C=O) groups excluding carboxylic acids is 1. The highest BCUT2D eigenvalue weighted by molar-refractivity contribution is 7.89. The van der Waals surface area contributed by atoms with E-state index in [9.17, 15) is 13.2 Å². The number of rotatable bonds is 6. The van der Waals surface area contributed by atoms with Crippen molar-refractivity contribution in [2.45, 2.75) is 43.6 Å². The van der Waals surface area contributed by atoms with Gasteiger partial charge in [0.15, 0.2) is 0 Å². The fourth-order valence-electron chi connectivity index (χ4n) is 3.59. The van der Waals surface area contributed by atoms with Crippen molar-refractivity contribution >= 4 is 21.6 Å². The number of fused-ring (bicyclic) bond motifs is 1. The summed E-state index contributed by atoms with van der Waals surface area (Å²) in [6, 6.07) is 5.08. The molecule has 0 saturated carbocycles. The molecule has 1 saturated heterocycles. The van der Waals surface area contributed by atoms with Crippen LogP contribution in [0.15, 0.2) is 23.1 Å². The molecule has 2 aliphatic rings. The van der Waals surface area contributed by atoms with Gasteiger partial charge in [-0.25, -0.2) is 8.42 Å². The van der Waals surface area contributed by atoms with Crippen LogP contribution in [0, 0.1) is 0 Å².